The van der Waals surface area contributed by atoms with Gasteiger partial charge in [0.1, 0.15) is 0 Å². The van der Waals surface area contributed by atoms with Crippen LogP contribution in [0.1, 0.15) is 50.5 Å². The molecule has 1 heterocycles. The van der Waals surface area contributed by atoms with Crippen molar-refractivity contribution < 1.29 is 4.79 Å². The van der Waals surface area contributed by atoms with E-state index in [1.54, 1.807) is 0 Å². The quantitative estimate of drug-likeness (QED) is 0.822. The average Bonchev–Trinajstić information content (AvgIpc) is 2.57. The maximum Gasteiger partial charge on any atom is 0.254 e. The zero-order valence-corrected chi connectivity index (χ0v) is 16.6. The number of nitrogens with one attached hydrogen (secondary N) is 2. The monoisotopic (exact) mass is 355 g/mol. The topological polar surface area (TPSA) is 70.2 Å². The number of carbonyl (C=O) groups is 1. The number of aryl methyl sites for hydroxylation is 1. The lowest BCUT2D eigenvalue weighted by atomic mass is 10.1. The van der Waals surface area contributed by atoms with E-state index in [4.69, 9.17) is 0 Å². The van der Waals surface area contributed by atoms with Crippen molar-refractivity contribution in [3.63, 3.8) is 0 Å². The third-order valence-electron chi connectivity index (χ3n) is 3.99. The Balaban J connectivity index is 2.10. The van der Waals surface area contributed by atoms with Crippen molar-refractivity contribution in [3.8, 4) is 0 Å². The molecule has 1 amide bonds. The van der Waals surface area contributed by atoms with Crippen molar-refractivity contribution in [2.24, 2.45) is 0 Å². The first-order chi connectivity index (χ1) is 12.2. The van der Waals surface area contributed by atoms with Gasteiger partial charge in [0.05, 0.1) is 5.56 Å². The molecule has 0 fully saturated rings. The minimum absolute atomic E-state index is 0.177. The van der Waals surface area contributed by atoms with Crippen LogP contribution in [0.25, 0.3) is 0 Å². The Morgan fingerprint density at radius 3 is 2.23 bits per heavy atom. The Hall–Kier alpha value is -2.63. The lowest BCUT2D eigenvalue weighted by molar-refractivity contribution is 0.0919. The Labute approximate surface area is 156 Å². The van der Waals surface area contributed by atoms with E-state index < -0.39 is 0 Å². The summed E-state index contributed by atoms with van der Waals surface area (Å²) in [4.78, 5) is 23.0. The van der Waals surface area contributed by atoms with Gasteiger partial charge < -0.3 is 15.5 Å². The second kappa shape index (κ2) is 8.17. The molecule has 1 aromatic heterocycles. The Kier molecular flexibility index (Phi) is 6.18. The second-order valence-electron chi connectivity index (χ2n) is 7.30. The molecule has 0 atom stereocenters. The lowest BCUT2D eigenvalue weighted by Gasteiger charge is -2.22. The molecule has 6 heteroatoms. The molecule has 0 bridgehead atoms. The molecule has 0 spiro atoms. The minimum Gasteiger partial charge on any atom is -0.372 e. The van der Waals surface area contributed by atoms with E-state index in [-0.39, 0.29) is 11.4 Å². The van der Waals surface area contributed by atoms with Gasteiger partial charge in [0, 0.05) is 42.4 Å². The summed E-state index contributed by atoms with van der Waals surface area (Å²) in [6.07, 6.45) is 3.08. The molecule has 140 valence electrons. The van der Waals surface area contributed by atoms with Crippen molar-refractivity contribution >= 4 is 23.2 Å². The van der Waals surface area contributed by atoms with Gasteiger partial charge in [0.2, 0.25) is 5.95 Å². The molecule has 0 aliphatic rings. The van der Waals surface area contributed by atoms with E-state index in [2.05, 4.69) is 58.4 Å². The molecular weight excluding hydrogens is 326 g/mol. The number of hydrogen-bond acceptors (Lipinski definition) is 5. The van der Waals surface area contributed by atoms with Crippen LogP contribution in [0.2, 0.25) is 0 Å². The molecule has 0 aliphatic carbocycles. The van der Waals surface area contributed by atoms with Gasteiger partial charge in [-0.3, -0.25) is 4.79 Å². The fourth-order valence-electron chi connectivity index (χ4n) is 2.62. The highest BCUT2D eigenvalue weighted by atomic mass is 16.1. The number of hydrogen-bond donors (Lipinski definition) is 2. The van der Waals surface area contributed by atoms with Gasteiger partial charge in [-0.1, -0.05) is 0 Å². The average molecular weight is 355 g/mol. The zero-order valence-electron chi connectivity index (χ0n) is 16.6. The Morgan fingerprint density at radius 2 is 1.73 bits per heavy atom. The predicted molar refractivity (Wildman–Crippen MR) is 107 cm³/mol. The van der Waals surface area contributed by atoms with Crippen molar-refractivity contribution in [1.82, 2.24) is 15.3 Å². The maximum absolute atomic E-state index is 12.1. The molecule has 0 saturated heterocycles. The van der Waals surface area contributed by atoms with Gasteiger partial charge in [-0.05, 0) is 65.3 Å². The normalized spacial score (nSPS) is 11.2. The van der Waals surface area contributed by atoms with E-state index in [0.29, 0.717) is 11.5 Å². The minimum atomic E-state index is -0.294. The van der Waals surface area contributed by atoms with Gasteiger partial charge in [-0.15, -0.1) is 0 Å². The lowest BCUT2D eigenvalue weighted by Crippen LogP contribution is -2.40. The molecule has 0 radical (unpaired) electrons. The molecule has 0 unspecified atom stereocenters. The van der Waals surface area contributed by atoms with Crippen LogP contribution in [0.4, 0.5) is 17.3 Å². The fraction of sp³-hybridized carbons (Fsp3) is 0.450. The van der Waals surface area contributed by atoms with E-state index in [1.807, 2.05) is 26.8 Å². The highest BCUT2D eigenvalue weighted by Crippen LogP contribution is 2.24. The van der Waals surface area contributed by atoms with Crippen LogP contribution in [0.3, 0.4) is 0 Å². The van der Waals surface area contributed by atoms with Gasteiger partial charge >= 0.3 is 0 Å². The SMILES string of the molecule is CCN(CC)c1ccc(Nc2ncc(C(=O)NC(C)(C)C)cn2)c(C)c1. The van der Waals surface area contributed by atoms with Crippen LogP contribution < -0.4 is 15.5 Å². The zero-order chi connectivity index (χ0) is 19.3. The number of benzene rings is 1. The third kappa shape index (κ3) is 5.18. The van der Waals surface area contributed by atoms with Gasteiger partial charge in [0.15, 0.2) is 0 Å². The van der Waals surface area contributed by atoms with Crippen LogP contribution in [0.15, 0.2) is 30.6 Å². The highest BCUT2D eigenvalue weighted by Gasteiger charge is 2.16. The van der Waals surface area contributed by atoms with E-state index in [9.17, 15) is 4.79 Å². The van der Waals surface area contributed by atoms with Gasteiger partial charge in [-0.2, -0.15) is 0 Å². The first-order valence-electron chi connectivity index (χ1n) is 9.00. The van der Waals surface area contributed by atoms with Crippen LogP contribution in [-0.4, -0.2) is 34.5 Å². The number of anilines is 3. The summed E-state index contributed by atoms with van der Waals surface area (Å²) in [5, 5.41) is 6.11. The van der Waals surface area contributed by atoms with Crippen molar-refractivity contribution in [3.05, 3.63) is 41.7 Å². The van der Waals surface area contributed by atoms with Crippen LogP contribution >= 0.6 is 0 Å². The van der Waals surface area contributed by atoms with Crippen molar-refractivity contribution in [2.45, 2.75) is 47.1 Å². The van der Waals surface area contributed by atoms with E-state index >= 15 is 0 Å². The van der Waals surface area contributed by atoms with Gasteiger partial charge in [-0.25, -0.2) is 9.97 Å². The Morgan fingerprint density at radius 1 is 1.12 bits per heavy atom. The number of aromatic nitrogens is 2. The summed E-state index contributed by atoms with van der Waals surface area (Å²) < 4.78 is 0. The van der Waals surface area contributed by atoms with Crippen LogP contribution in [-0.2, 0) is 0 Å². The van der Waals surface area contributed by atoms with Gasteiger partial charge in [0.25, 0.3) is 5.91 Å². The predicted octanol–water partition coefficient (Wildman–Crippen LogP) is 3.90. The molecule has 0 saturated carbocycles. The standard InChI is InChI=1S/C20H29N5O/c1-7-25(8-2)16-9-10-17(14(3)11-16)23-19-21-12-15(13-22-19)18(26)24-20(4,5)6/h9-13H,7-8H2,1-6H3,(H,24,26)(H,21,22,23). The largest absolute Gasteiger partial charge is 0.372 e. The number of nitrogens with zero attached hydrogens (tertiary/aromatic N) is 3. The third-order valence-corrected chi connectivity index (χ3v) is 3.99. The van der Waals surface area contributed by atoms with Crippen molar-refractivity contribution in [2.75, 3.05) is 23.3 Å². The molecule has 2 rings (SSSR count). The summed E-state index contributed by atoms with van der Waals surface area (Å²) in [6.45, 7) is 14.1. The van der Waals surface area contributed by atoms with Crippen LogP contribution in [0, 0.1) is 6.92 Å². The summed E-state index contributed by atoms with van der Waals surface area (Å²) in [5.74, 6) is 0.291. The first kappa shape index (κ1) is 19.7. The summed E-state index contributed by atoms with van der Waals surface area (Å²) in [5.41, 5.74) is 3.42. The van der Waals surface area contributed by atoms with Crippen LogP contribution in [0.5, 0.6) is 0 Å². The molecule has 2 N–H and O–H groups in total. The molecule has 1 aromatic carbocycles. The smallest absolute Gasteiger partial charge is 0.254 e. The summed E-state index contributed by atoms with van der Waals surface area (Å²) >= 11 is 0. The fourth-order valence-corrected chi connectivity index (χ4v) is 2.62. The molecule has 26 heavy (non-hydrogen) atoms. The highest BCUT2D eigenvalue weighted by molar-refractivity contribution is 5.94. The first-order valence-corrected chi connectivity index (χ1v) is 9.00. The van der Waals surface area contributed by atoms with E-state index in [0.717, 1.165) is 24.3 Å². The van der Waals surface area contributed by atoms with Crippen molar-refractivity contribution in [1.29, 1.82) is 0 Å². The van der Waals surface area contributed by atoms with E-state index in [1.165, 1.54) is 18.1 Å². The number of carbonyl (C=O) groups excluding carboxylic acids is 1. The summed E-state index contributed by atoms with van der Waals surface area (Å²) in [7, 11) is 0. The Bertz CT molecular complexity index is 746. The molecule has 2 aromatic rings. The molecule has 0 aliphatic heterocycles. The number of amides is 1. The second-order valence-corrected chi connectivity index (χ2v) is 7.30. The maximum atomic E-state index is 12.1. The molecule has 6 nitrogen and oxygen atoms in total. The summed E-state index contributed by atoms with van der Waals surface area (Å²) in [6, 6.07) is 6.28. The molecular formula is C20H29N5O. The number of rotatable bonds is 6.